The zero-order chi connectivity index (χ0) is 18.9. The Morgan fingerprint density at radius 2 is 1.73 bits per heavy atom. The van der Waals surface area contributed by atoms with Crippen LogP contribution in [0.15, 0.2) is 29.0 Å². The molecule has 0 spiro atoms. The van der Waals surface area contributed by atoms with Crippen molar-refractivity contribution in [2.24, 2.45) is 0 Å². The number of halogens is 4. The molecule has 0 aromatic carbocycles. The van der Waals surface area contributed by atoms with Gasteiger partial charge in [-0.15, -0.1) is 0 Å². The second kappa shape index (κ2) is 7.26. The molecule has 10 heteroatoms. The van der Waals surface area contributed by atoms with Crippen molar-refractivity contribution >= 4 is 33.5 Å². The molecule has 3 heterocycles. The molecule has 1 fully saturated rings. The average Bonchev–Trinajstić information content (AvgIpc) is 2.61. The molecule has 140 valence electrons. The average molecular weight is 431 g/mol. The number of hydrogen-bond donors (Lipinski definition) is 0. The monoisotopic (exact) mass is 430 g/mol. The molecule has 6 nitrogen and oxygen atoms in total. The highest BCUT2D eigenvalue weighted by molar-refractivity contribution is 9.10. The maximum Gasteiger partial charge on any atom is 0.417 e. The fourth-order valence-electron chi connectivity index (χ4n) is 2.70. The van der Waals surface area contributed by atoms with Crippen LogP contribution in [0.25, 0.3) is 0 Å². The van der Waals surface area contributed by atoms with E-state index < -0.39 is 11.7 Å². The summed E-state index contributed by atoms with van der Waals surface area (Å²) in [6.07, 6.45) is -1.80. The largest absolute Gasteiger partial charge is 0.417 e. The minimum absolute atomic E-state index is 0.345. The second-order valence-corrected chi connectivity index (χ2v) is 6.96. The van der Waals surface area contributed by atoms with Crippen LogP contribution in [0, 0.1) is 0 Å². The van der Waals surface area contributed by atoms with E-state index >= 15 is 0 Å². The van der Waals surface area contributed by atoms with Crippen molar-refractivity contribution < 1.29 is 13.2 Å². The first-order chi connectivity index (χ1) is 12.3. The van der Waals surface area contributed by atoms with E-state index in [2.05, 4.69) is 35.8 Å². The number of piperazine rings is 1. The predicted octanol–water partition coefficient (Wildman–Crippen LogP) is 3.05. The summed E-state index contributed by atoms with van der Waals surface area (Å²) in [5, 5.41) is 0. The van der Waals surface area contributed by atoms with Gasteiger partial charge in [0.05, 0.1) is 10.0 Å². The first-order valence-corrected chi connectivity index (χ1v) is 8.78. The Morgan fingerprint density at radius 1 is 1.08 bits per heavy atom. The second-order valence-electron chi connectivity index (χ2n) is 6.11. The van der Waals surface area contributed by atoms with Gasteiger partial charge >= 0.3 is 6.18 Å². The van der Waals surface area contributed by atoms with E-state index in [1.54, 1.807) is 6.20 Å². The molecule has 0 bridgehead atoms. The van der Waals surface area contributed by atoms with Crippen molar-refractivity contribution in [2.45, 2.75) is 6.18 Å². The van der Waals surface area contributed by atoms with Gasteiger partial charge in [-0.3, -0.25) is 0 Å². The van der Waals surface area contributed by atoms with Crippen LogP contribution >= 0.6 is 15.9 Å². The summed E-state index contributed by atoms with van der Waals surface area (Å²) in [5.41, 5.74) is -0.760. The highest BCUT2D eigenvalue weighted by atomic mass is 79.9. The molecule has 1 saturated heterocycles. The third kappa shape index (κ3) is 4.00. The van der Waals surface area contributed by atoms with Crippen molar-refractivity contribution in [1.29, 1.82) is 0 Å². The van der Waals surface area contributed by atoms with Gasteiger partial charge in [0.25, 0.3) is 0 Å². The minimum atomic E-state index is -4.40. The number of aromatic nitrogens is 3. The van der Waals surface area contributed by atoms with E-state index in [0.29, 0.717) is 42.4 Å². The van der Waals surface area contributed by atoms with Crippen molar-refractivity contribution in [3.63, 3.8) is 0 Å². The molecule has 3 rings (SSSR count). The van der Waals surface area contributed by atoms with Gasteiger partial charge in [-0.05, 0) is 28.1 Å². The van der Waals surface area contributed by atoms with Gasteiger partial charge in [0, 0.05) is 52.7 Å². The van der Waals surface area contributed by atoms with E-state index in [1.165, 1.54) is 0 Å². The number of nitrogens with zero attached hydrogens (tertiary/aromatic N) is 6. The van der Waals surface area contributed by atoms with Gasteiger partial charge in [-0.1, -0.05) is 0 Å². The van der Waals surface area contributed by atoms with Gasteiger partial charge in [0.15, 0.2) is 0 Å². The lowest BCUT2D eigenvalue weighted by Gasteiger charge is -2.36. The van der Waals surface area contributed by atoms with Crippen LogP contribution in [-0.2, 0) is 6.18 Å². The molecule has 26 heavy (non-hydrogen) atoms. The number of hydrogen-bond acceptors (Lipinski definition) is 6. The van der Waals surface area contributed by atoms with E-state index in [4.69, 9.17) is 0 Å². The van der Waals surface area contributed by atoms with Crippen molar-refractivity contribution in [1.82, 2.24) is 15.0 Å². The molecule has 0 aliphatic carbocycles. The van der Waals surface area contributed by atoms with Crippen LogP contribution in [0.1, 0.15) is 5.56 Å². The Bertz CT molecular complexity index is 775. The normalized spacial score (nSPS) is 15.3. The summed E-state index contributed by atoms with van der Waals surface area (Å²) in [4.78, 5) is 18.7. The molecule has 0 saturated carbocycles. The minimum Gasteiger partial charge on any atom is -0.353 e. The molecule has 2 aromatic rings. The van der Waals surface area contributed by atoms with Crippen LogP contribution in [0.5, 0.6) is 0 Å². The Hall–Kier alpha value is -2.10. The summed E-state index contributed by atoms with van der Waals surface area (Å²) in [6.45, 7) is 2.66. The molecule has 0 N–H and O–H groups in total. The first-order valence-electron chi connectivity index (χ1n) is 7.98. The third-order valence-corrected chi connectivity index (χ3v) is 4.66. The molecule has 0 atom stereocenters. The zero-order valence-corrected chi connectivity index (χ0v) is 15.9. The van der Waals surface area contributed by atoms with Gasteiger partial charge < -0.3 is 14.7 Å². The Labute approximate surface area is 157 Å². The topological polar surface area (TPSA) is 48.4 Å². The van der Waals surface area contributed by atoms with Crippen molar-refractivity contribution in [2.75, 3.05) is 55.0 Å². The molecule has 2 aromatic heterocycles. The fraction of sp³-hybridized carbons (Fsp3) is 0.438. The summed E-state index contributed by atoms with van der Waals surface area (Å²) in [5.74, 6) is 1.99. The highest BCUT2D eigenvalue weighted by Crippen LogP contribution is 2.34. The van der Waals surface area contributed by atoms with Crippen molar-refractivity contribution in [3.05, 3.63) is 34.6 Å². The maximum absolute atomic E-state index is 12.8. The molecule has 1 aliphatic heterocycles. The van der Waals surface area contributed by atoms with Crippen LogP contribution in [0.2, 0.25) is 0 Å². The quantitative estimate of drug-likeness (QED) is 0.745. The number of pyridine rings is 1. The first kappa shape index (κ1) is 18.7. The summed E-state index contributed by atoms with van der Waals surface area (Å²) in [6, 6.07) is 2.93. The van der Waals surface area contributed by atoms with Crippen LogP contribution in [-0.4, -0.2) is 55.2 Å². The lowest BCUT2D eigenvalue weighted by molar-refractivity contribution is -0.137. The van der Waals surface area contributed by atoms with Crippen LogP contribution < -0.4 is 14.7 Å². The SMILES string of the molecule is CN(C)c1nccc(N2CCN(c3ncc(C(F)(F)F)cc3Br)CC2)n1. The molecule has 0 amide bonds. The molecular weight excluding hydrogens is 413 g/mol. The maximum atomic E-state index is 12.8. The van der Waals surface area contributed by atoms with E-state index in [0.717, 1.165) is 18.1 Å². The van der Waals surface area contributed by atoms with E-state index in [-0.39, 0.29) is 0 Å². The number of rotatable bonds is 3. The number of alkyl halides is 3. The zero-order valence-electron chi connectivity index (χ0n) is 14.3. The van der Waals surface area contributed by atoms with Gasteiger partial charge in [0.2, 0.25) is 5.95 Å². The standard InChI is InChI=1S/C16H18BrF3N6/c1-24(2)15-21-4-3-13(23-15)25-5-7-26(8-6-25)14-12(17)9-11(10-22-14)16(18,19)20/h3-4,9-10H,5-8H2,1-2H3. The van der Waals surface area contributed by atoms with Crippen molar-refractivity contribution in [3.8, 4) is 0 Å². The molecular formula is C16H18BrF3N6. The summed E-state index contributed by atoms with van der Waals surface area (Å²) in [7, 11) is 3.76. The number of anilines is 3. The summed E-state index contributed by atoms with van der Waals surface area (Å²) < 4.78 is 38.7. The Morgan fingerprint density at radius 3 is 2.31 bits per heavy atom. The Balaban J connectivity index is 1.70. The smallest absolute Gasteiger partial charge is 0.353 e. The Kier molecular flexibility index (Phi) is 5.22. The van der Waals surface area contributed by atoms with Gasteiger partial charge in [-0.25, -0.2) is 9.97 Å². The van der Waals surface area contributed by atoms with Crippen LogP contribution in [0.4, 0.5) is 30.8 Å². The third-order valence-electron chi connectivity index (χ3n) is 4.08. The van der Waals surface area contributed by atoms with Gasteiger partial charge in [-0.2, -0.15) is 18.2 Å². The molecule has 0 unspecified atom stereocenters. The summed E-state index contributed by atoms with van der Waals surface area (Å²) >= 11 is 3.22. The highest BCUT2D eigenvalue weighted by Gasteiger charge is 2.32. The predicted molar refractivity (Wildman–Crippen MR) is 97.7 cm³/mol. The lowest BCUT2D eigenvalue weighted by atomic mass is 10.2. The van der Waals surface area contributed by atoms with E-state index in [9.17, 15) is 13.2 Å². The van der Waals surface area contributed by atoms with Gasteiger partial charge in [0.1, 0.15) is 11.6 Å². The molecule has 1 aliphatic rings. The lowest BCUT2D eigenvalue weighted by Crippen LogP contribution is -2.47. The van der Waals surface area contributed by atoms with E-state index in [1.807, 2.05) is 30.0 Å². The molecule has 0 radical (unpaired) electrons. The fourth-order valence-corrected chi connectivity index (χ4v) is 3.30. The van der Waals surface area contributed by atoms with Crippen LogP contribution in [0.3, 0.4) is 0 Å².